The molecule has 0 amide bonds. The quantitative estimate of drug-likeness (QED) is 0.695. The van der Waals surface area contributed by atoms with E-state index in [1.165, 1.54) is 13.2 Å². The van der Waals surface area contributed by atoms with Crippen LogP contribution in [0, 0.1) is 9.39 Å². The molecule has 96 valence electrons. The number of hydrogen-bond donors (Lipinski definition) is 1. The number of hydrogen-bond acceptors (Lipinski definition) is 2. The summed E-state index contributed by atoms with van der Waals surface area (Å²) in [6.45, 7) is 0. The number of nitrogens with one attached hydrogen (secondary N) is 1. The molecular weight excluding hydrogens is 358 g/mol. The van der Waals surface area contributed by atoms with Crippen LogP contribution in [-0.2, 0) is 0 Å². The summed E-state index contributed by atoms with van der Waals surface area (Å²) in [7, 11) is 1.46. The van der Waals surface area contributed by atoms with E-state index < -0.39 is 0 Å². The van der Waals surface area contributed by atoms with Crippen LogP contribution in [0.25, 0.3) is 22.4 Å². The number of H-pyrrole nitrogens is 1. The molecule has 1 heterocycles. The minimum Gasteiger partial charge on any atom is -0.493 e. The van der Waals surface area contributed by atoms with Crippen LogP contribution in [0.1, 0.15) is 0 Å². The molecule has 0 saturated carbocycles. The summed E-state index contributed by atoms with van der Waals surface area (Å²) in [5, 5.41) is 0. The van der Waals surface area contributed by atoms with Crippen LogP contribution < -0.4 is 4.74 Å². The Hall–Kier alpha value is -1.63. The molecule has 3 aromatic rings. The molecule has 0 fully saturated rings. The second-order valence-corrected chi connectivity index (χ2v) is 5.24. The second kappa shape index (κ2) is 4.80. The summed E-state index contributed by atoms with van der Waals surface area (Å²) in [6, 6.07) is 11.0. The summed E-state index contributed by atoms with van der Waals surface area (Å²) in [6.07, 6.45) is 0. The van der Waals surface area contributed by atoms with Gasteiger partial charge in [-0.3, -0.25) is 0 Å². The Morgan fingerprint density at radius 1 is 1.26 bits per heavy atom. The van der Waals surface area contributed by atoms with Gasteiger partial charge in [-0.15, -0.1) is 0 Å². The molecule has 0 spiro atoms. The van der Waals surface area contributed by atoms with Gasteiger partial charge in [0.2, 0.25) is 0 Å². The molecule has 3 rings (SSSR count). The Morgan fingerprint density at radius 3 is 2.74 bits per heavy atom. The number of halogens is 2. The Kier molecular flexibility index (Phi) is 3.14. The molecule has 2 aromatic carbocycles. The molecule has 3 nitrogen and oxygen atoms in total. The highest BCUT2D eigenvalue weighted by atomic mass is 127. The predicted octanol–water partition coefficient (Wildman–Crippen LogP) is 3.98. The lowest BCUT2D eigenvalue weighted by Gasteiger charge is -2.06. The van der Waals surface area contributed by atoms with Gasteiger partial charge in [0.05, 0.1) is 21.7 Å². The zero-order chi connectivity index (χ0) is 13.4. The Balaban J connectivity index is 2.16. The molecule has 19 heavy (non-hydrogen) atoms. The van der Waals surface area contributed by atoms with Gasteiger partial charge in [0.1, 0.15) is 5.82 Å². The van der Waals surface area contributed by atoms with Crippen LogP contribution in [0.4, 0.5) is 4.39 Å². The zero-order valence-electron chi connectivity index (χ0n) is 10.1. The highest BCUT2D eigenvalue weighted by Gasteiger charge is 2.12. The zero-order valence-corrected chi connectivity index (χ0v) is 12.2. The molecule has 0 aliphatic rings. The van der Waals surface area contributed by atoms with Crippen molar-refractivity contribution in [3.05, 3.63) is 45.8 Å². The van der Waals surface area contributed by atoms with Crippen LogP contribution in [0.3, 0.4) is 0 Å². The second-order valence-electron chi connectivity index (χ2n) is 4.08. The normalized spacial score (nSPS) is 10.9. The Bertz CT molecular complexity index is 698. The molecule has 1 aromatic heterocycles. The van der Waals surface area contributed by atoms with Gasteiger partial charge in [-0.05, 0) is 46.9 Å². The van der Waals surface area contributed by atoms with Crippen LogP contribution in [0.2, 0.25) is 0 Å². The molecular formula is C14H10FIN2O. The molecule has 0 bridgehead atoms. The summed E-state index contributed by atoms with van der Waals surface area (Å²) in [5.74, 6) is 0.533. The lowest BCUT2D eigenvalue weighted by Crippen LogP contribution is -1.93. The van der Waals surface area contributed by atoms with Gasteiger partial charge < -0.3 is 9.72 Å². The monoisotopic (exact) mass is 368 g/mol. The topological polar surface area (TPSA) is 37.9 Å². The van der Waals surface area contributed by atoms with Gasteiger partial charge in [-0.25, -0.2) is 9.37 Å². The number of benzene rings is 2. The summed E-state index contributed by atoms with van der Waals surface area (Å²) >= 11 is 2.05. The lowest BCUT2D eigenvalue weighted by molar-refractivity contribution is 0.383. The first-order valence-corrected chi connectivity index (χ1v) is 6.75. The number of para-hydroxylation sites is 2. The highest BCUT2D eigenvalue weighted by Crippen LogP contribution is 2.30. The maximum Gasteiger partial charge on any atom is 0.167 e. The number of imidazole rings is 1. The predicted molar refractivity (Wildman–Crippen MR) is 80.8 cm³/mol. The number of nitrogens with zero attached hydrogens (tertiary/aromatic N) is 1. The van der Waals surface area contributed by atoms with Crippen LogP contribution >= 0.6 is 22.6 Å². The number of aromatic nitrogens is 2. The smallest absolute Gasteiger partial charge is 0.167 e. The van der Waals surface area contributed by atoms with E-state index in [4.69, 9.17) is 4.74 Å². The summed E-state index contributed by atoms with van der Waals surface area (Å²) in [4.78, 5) is 7.64. The fourth-order valence-electron chi connectivity index (χ4n) is 1.98. The fourth-order valence-corrected chi connectivity index (χ4v) is 2.79. The molecule has 0 aliphatic heterocycles. The SMILES string of the molecule is COc1c(F)cc(-c2nc3ccccc3[nH]2)cc1I. The van der Waals surface area contributed by atoms with Gasteiger partial charge in [-0.2, -0.15) is 0 Å². The van der Waals surface area contributed by atoms with Crippen molar-refractivity contribution in [3.8, 4) is 17.1 Å². The van der Waals surface area contributed by atoms with Gasteiger partial charge in [0, 0.05) is 5.56 Å². The minimum atomic E-state index is -0.384. The number of aromatic amines is 1. The third-order valence-electron chi connectivity index (χ3n) is 2.87. The van der Waals surface area contributed by atoms with E-state index in [2.05, 4.69) is 32.6 Å². The third kappa shape index (κ3) is 2.18. The standard InChI is InChI=1S/C14H10FIN2O/c1-19-13-9(15)6-8(7-10(13)16)14-17-11-4-2-3-5-12(11)18-14/h2-7H,1H3,(H,17,18). The number of methoxy groups -OCH3 is 1. The van der Waals surface area contributed by atoms with Crippen molar-refractivity contribution in [1.29, 1.82) is 0 Å². The first-order chi connectivity index (χ1) is 9.19. The molecule has 0 saturated heterocycles. The van der Waals surface area contributed by atoms with Gasteiger partial charge >= 0.3 is 0 Å². The van der Waals surface area contributed by atoms with Crippen LogP contribution in [0.15, 0.2) is 36.4 Å². The van der Waals surface area contributed by atoms with E-state index >= 15 is 0 Å². The summed E-state index contributed by atoms with van der Waals surface area (Å²) < 4.78 is 19.6. The fraction of sp³-hybridized carbons (Fsp3) is 0.0714. The molecule has 1 N–H and O–H groups in total. The van der Waals surface area contributed by atoms with Crippen molar-refractivity contribution < 1.29 is 9.13 Å². The average Bonchev–Trinajstić information content (AvgIpc) is 2.82. The lowest BCUT2D eigenvalue weighted by atomic mass is 10.2. The van der Waals surface area contributed by atoms with Crippen molar-refractivity contribution in [2.75, 3.05) is 7.11 Å². The van der Waals surface area contributed by atoms with Crippen LogP contribution in [-0.4, -0.2) is 17.1 Å². The molecule has 0 unspecified atom stereocenters. The van der Waals surface area contributed by atoms with Gasteiger partial charge in [0.25, 0.3) is 0 Å². The molecule has 0 aliphatic carbocycles. The van der Waals surface area contributed by atoms with E-state index in [0.29, 0.717) is 11.4 Å². The van der Waals surface area contributed by atoms with E-state index in [1.54, 1.807) is 0 Å². The van der Waals surface area contributed by atoms with E-state index in [0.717, 1.165) is 14.6 Å². The highest BCUT2D eigenvalue weighted by molar-refractivity contribution is 14.1. The molecule has 0 radical (unpaired) electrons. The number of ether oxygens (including phenoxy) is 1. The van der Waals surface area contributed by atoms with Crippen molar-refractivity contribution in [2.24, 2.45) is 0 Å². The number of rotatable bonds is 2. The average molecular weight is 368 g/mol. The van der Waals surface area contributed by atoms with E-state index in [-0.39, 0.29) is 11.6 Å². The van der Waals surface area contributed by atoms with E-state index in [9.17, 15) is 4.39 Å². The summed E-state index contributed by atoms with van der Waals surface area (Å²) in [5.41, 5.74) is 2.51. The maximum absolute atomic E-state index is 13.9. The Morgan fingerprint density at radius 2 is 2.05 bits per heavy atom. The Labute approximate surface area is 123 Å². The van der Waals surface area contributed by atoms with Gasteiger partial charge in [-0.1, -0.05) is 12.1 Å². The van der Waals surface area contributed by atoms with Crippen molar-refractivity contribution >= 4 is 33.6 Å². The van der Waals surface area contributed by atoms with Crippen molar-refractivity contribution in [2.45, 2.75) is 0 Å². The third-order valence-corrected chi connectivity index (χ3v) is 3.67. The van der Waals surface area contributed by atoms with Crippen molar-refractivity contribution in [3.63, 3.8) is 0 Å². The maximum atomic E-state index is 13.9. The number of fused-ring (bicyclic) bond motifs is 1. The first-order valence-electron chi connectivity index (χ1n) is 5.67. The largest absolute Gasteiger partial charge is 0.493 e. The van der Waals surface area contributed by atoms with Gasteiger partial charge in [0.15, 0.2) is 11.6 Å². The molecule has 0 atom stereocenters. The van der Waals surface area contributed by atoms with E-state index in [1.807, 2.05) is 30.3 Å². The minimum absolute atomic E-state index is 0.264. The van der Waals surface area contributed by atoms with Crippen molar-refractivity contribution in [1.82, 2.24) is 9.97 Å². The first kappa shape index (κ1) is 12.4. The van der Waals surface area contributed by atoms with Crippen LogP contribution in [0.5, 0.6) is 5.75 Å². The molecule has 5 heteroatoms.